The summed E-state index contributed by atoms with van der Waals surface area (Å²) in [6.07, 6.45) is 0. The zero-order chi connectivity index (χ0) is 15.3. The van der Waals surface area contributed by atoms with Gasteiger partial charge in [0.15, 0.2) is 0 Å². The first kappa shape index (κ1) is 16.6. The molecule has 0 saturated heterocycles. The van der Waals surface area contributed by atoms with Crippen molar-refractivity contribution in [1.82, 2.24) is 5.32 Å². The van der Waals surface area contributed by atoms with Crippen LogP contribution in [-0.4, -0.2) is 28.8 Å². The van der Waals surface area contributed by atoms with Crippen LogP contribution in [0.2, 0.25) is 0 Å². The van der Waals surface area contributed by atoms with E-state index in [-0.39, 0.29) is 17.6 Å². The highest BCUT2D eigenvalue weighted by Crippen LogP contribution is 2.22. The third-order valence-corrected chi connectivity index (χ3v) is 4.11. The van der Waals surface area contributed by atoms with Gasteiger partial charge < -0.3 is 10.4 Å². The third-order valence-electron chi connectivity index (χ3n) is 2.94. The van der Waals surface area contributed by atoms with Crippen molar-refractivity contribution in [2.24, 2.45) is 5.92 Å². The molecule has 0 fully saturated rings. The normalized spacial score (nSPS) is 12.2. The average Bonchev–Trinajstić information content (AvgIpc) is 2.34. The van der Waals surface area contributed by atoms with Gasteiger partial charge in [-0.05, 0) is 31.4 Å². The summed E-state index contributed by atoms with van der Waals surface area (Å²) in [6.45, 7) is 7.57. The summed E-state index contributed by atoms with van der Waals surface area (Å²) in [5.41, 5.74) is 2.31. The van der Waals surface area contributed by atoms with Crippen LogP contribution in [0.5, 0.6) is 0 Å². The first-order chi connectivity index (χ1) is 9.31. The van der Waals surface area contributed by atoms with E-state index in [2.05, 4.69) is 11.4 Å². The van der Waals surface area contributed by atoms with Gasteiger partial charge in [0.05, 0.1) is 5.75 Å². The quantitative estimate of drug-likeness (QED) is 0.792. The Morgan fingerprint density at radius 3 is 2.45 bits per heavy atom. The fourth-order valence-corrected chi connectivity index (χ4v) is 2.65. The van der Waals surface area contributed by atoms with E-state index >= 15 is 0 Å². The molecule has 0 saturated carbocycles. The van der Waals surface area contributed by atoms with Crippen LogP contribution >= 0.6 is 11.8 Å². The highest BCUT2D eigenvalue weighted by molar-refractivity contribution is 8.00. The maximum absolute atomic E-state index is 11.8. The molecule has 0 aromatic heterocycles. The van der Waals surface area contributed by atoms with Crippen molar-refractivity contribution >= 4 is 23.6 Å². The number of hydrogen-bond acceptors (Lipinski definition) is 3. The molecule has 2 N–H and O–H groups in total. The molecule has 110 valence electrons. The lowest BCUT2D eigenvalue weighted by Crippen LogP contribution is -2.45. The molecule has 0 heterocycles. The number of rotatable bonds is 6. The second kappa shape index (κ2) is 7.33. The van der Waals surface area contributed by atoms with Crippen molar-refractivity contribution in [1.29, 1.82) is 0 Å². The van der Waals surface area contributed by atoms with Gasteiger partial charge in [-0.25, -0.2) is 4.79 Å². The Morgan fingerprint density at radius 2 is 1.95 bits per heavy atom. The van der Waals surface area contributed by atoms with Crippen LogP contribution in [0.4, 0.5) is 0 Å². The number of benzene rings is 1. The molecule has 0 aliphatic rings. The van der Waals surface area contributed by atoms with Crippen LogP contribution in [0.1, 0.15) is 25.0 Å². The first-order valence-electron chi connectivity index (χ1n) is 6.53. The molecule has 5 heteroatoms. The van der Waals surface area contributed by atoms with Crippen LogP contribution in [0.15, 0.2) is 23.1 Å². The van der Waals surface area contributed by atoms with E-state index in [9.17, 15) is 9.59 Å². The molecule has 0 radical (unpaired) electrons. The van der Waals surface area contributed by atoms with Crippen molar-refractivity contribution in [3.8, 4) is 0 Å². The number of carboxylic acids is 1. The number of amides is 1. The second-order valence-electron chi connectivity index (χ2n) is 5.19. The lowest BCUT2D eigenvalue weighted by atomic mass is 10.1. The second-order valence-corrected chi connectivity index (χ2v) is 6.20. The van der Waals surface area contributed by atoms with Gasteiger partial charge in [-0.2, -0.15) is 0 Å². The van der Waals surface area contributed by atoms with Crippen molar-refractivity contribution in [3.63, 3.8) is 0 Å². The van der Waals surface area contributed by atoms with Crippen molar-refractivity contribution < 1.29 is 14.7 Å². The lowest BCUT2D eigenvalue weighted by Gasteiger charge is -2.17. The summed E-state index contributed by atoms with van der Waals surface area (Å²) in [7, 11) is 0. The van der Waals surface area contributed by atoms with Gasteiger partial charge in [-0.3, -0.25) is 4.79 Å². The summed E-state index contributed by atoms with van der Waals surface area (Å²) in [4.78, 5) is 23.9. The number of hydrogen-bond donors (Lipinski definition) is 2. The van der Waals surface area contributed by atoms with Crippen LogP contribution < -0.4 is 5.32 Å². The molecule has 0 bridgehead atoms. The Kier molecular flexibility index (Phi) is 6.07. The van der Waals surface area contributed by atoms with Crippen LogP contribution in [-0.2, 0) is 9.59 Å². The van der Waals surface area contributed by atoms with Crippen LogP contribution in [0.25, 0.3) is 0 Å². The topological polar surface area (TPSA) is 66.4 Å². The Morgan fingerprint density at radius 1 is 1.30 bits per heavy atom. The lowest BCUT2D eigenvalue weighted by molar-refractivity contribution is -0.142. The van der Waals surface area contributed by atoms with E-state index in [4.69, 9.17) is 5.11 Å². The van der Waals surface area contributed by atoms with Gasteiger partial charge >= 0.3 is 5.97 Å². The van der Waals surface area contributed by atoms with Gasteiger partial charge in [-0.1, -0.05) is 31.5 Å². The van der Waals surface area contributed by atoms with Gasteiger partial charge in [-0.15, -0.1) is 11.8 Å². The molecule has 1 unspecified atom stereocenters. The molecule has 0 aliphatic heterocycles. The molecule has 1 rings (SSSR count). The predicted octanol–water partition coefficient (Wildman–Crippen LogP) is 2.62. The Balaban J connectivity index is 2.57. The minimum atomic E-state index is -0.995. The number of aliphatic carboxylic acids is 1. The van der Waals surface area contributed by atoms with E-state index in [0.29, 0.717) is 0 Å². The van der Waals surface area contributed by atoms with E-state index in [0.717, 1.165) is 10.5 Å². The van der Waals surface area contributed by atoms with Gasteiger partial charge in [0.2, 0.25) is 5.91 Å². The minimum absolute atomic E-state index is 0.137. The monoisotopic (exact) mass is 295 g/mol. The van der Waals surface area contributed by atoms with E-state index in [1.165, 1.54) is 17.3 Å². The molecular weight excluding hydrogens is 274 g/mol. The molecule has 1 aromatic carbocycles. The molecule has 1 aromatic rings. The number of thioether (sulfide) groups is 1. The van der Waals surface area contributed by atoms with E-state index in [1.54, 1.807) is 13.8 Å². The van der Waals surface area contributed by atoms with E-state index in [1.807, 2.05) is 26.0 Å². The maximum atomic E-state index is 11.8. The van der Waals surface area contributed by atoms with Crippen LogP contribution in [0, 0.1) is 19.8 Å². The number of carbonyl (C=O) groups is 2. The largest absolute Gasteiger partial charge is 0.480 e. The summed E-state index contributed by atoms with van der Waals surface area (Å²) in [6, 6.07) is 5.22. The highest BCUT2D eigenvalue weighted by Gasteiger charge is 2.23. The molecule has 1 amide bonds. The zero-order valence-corrected chi connectivity index (χ0v) is 13.1. The number of carbonyl (C=O) groups excluding carboxylic acids is 1. The molecule has 4 nitrogen and oxygen atoms in total. The van der Waals surface area contributed by atoms with Gasteiger partial charge in [0, 0.05) is 4.90 Å². The summed E-state index contributed by atoms with van der Waals surface area (Å²) < 4.78 is 0. The molecular formula is C15H21NO3S. The van der Waals surface area contributed by atoms with Crippen molar-refractivity contribution in [2.45, 2.75) is 38.6 Å². The number of nitrogens with one attached hydrogen (secondary N) is 1. The smallest absolute Gasteiger partial charge is 0.326 e. The number of carboxylic acid groups (broad SMARTS) is 1. The average molecular weight is 295 g/mol. The zero-order valence-electron chi connectivity index (χ0n) is 12.3. The highest BCUT2D eigenvalue weighted by atomic mass is 32.2. The van der Waals surface area contributed by atoms with Crippen molar-refractivity contribution in [2.75, 3.05) is 5.75 Å². The third kappa shape index (κ3) is 4.89. The standard InChI is InChI=1S/C15H21NO3S/c1-9(2)14(15(18)19)16-13(17)8-20-12-6-5-10(3)7-11(12)4/h5-7,9,14H,8H2,1-4H3,(H,16,17)(H,18,19). The van der Waals surface area contributed by atoms with Crippen molar-refractivity contribution in [3.05, 3.63) is 29.3 Å². The minimum Gasteiger partial charge on any atom is -0.480 e. The fraction of sp³-hybridized carbons (Fsp3) is 0.467. The SMILES string of the molecule is Cc1ccc(SCC(=O)NC(C(=O)O)C(C)C)c(C)c1. The van der Waals surface area contributed by atoms with E-state index < -0.39 is 12.0 Å². The summed E-state index contributed by atoms with van der Waals surface area (Å²) in [5.74, 6) is -1.16. The first-order valence-corrected chi connectivity index (χ1v) is 7.52. The predicted molar refractivity (Wildman–Crippen MR) is 81.0 cm³/mol. The molecule has 1 atom stereocenters. The Bertz CT molecular complexity index is 500. The fourth-order valence-electron chi connectivity index (χ4n) is 1.83. The Labute approximate surface area is 124 Å². The summed E-state index contributed by atoms with van der Waals surface area (Å²) in [5, 5.41) is 11.6. The molecule has 0 spiro atoms. The van der Waals surface area contributed by atoms with Gasteiger partial charge in [0.25, 0.3) is 0 Å². The number of aryl methyl sites for hydroxylation is 2. The van der Waals surface area contributed by atoms with Crippen LogP contribution in [0.3, 0.4) is 0 Å². The maximum Gasteiger partial charge on any atom is 0.326 e. The molecule has 0 aliphatic carbocycles. The molecule has 20 heavy (non-hydrogen) atoms. The Hall–Kier alpha value is -1.49. The summed E-state index contributed by atoms with van der Waals surface area (Å²) >= 11 is 1.42. The van der Waals surface area contributed by atoms with Gasteiger partial charge in [0.1, 0.15) is 6.04 Å².